The molecule has 0 radical (unpaired) electrons. The number of para-hydroxylation sites is 3. The van der Waals surface area contributed by atoms with Gasteiger partial charge >= 0.3 is 0 Å². The molecule has 0 saturated heterocycles. The summed E-state index contributed by atoms with van der Waals surface area (Å²) in [6, 6.07) is 71.4. The first-order chi connectivity index (χ1) is 35.9. The molecular formula is C69H54N2O2. The number of fused-ring (bicyclic) bond motifs is 14. The Morgan fingerprint density at radius 3 is 2.12 bits per heavy atom. The normalized spacial score (nSPS) is 15.8. The first-order valence-corrected chi connectivity index (χ1v) is 26.0. The zero-order valence-electron chi connectivity index (χ0n) is 41.6. The van der Waals surface area contributed by atoms with Gasteiger partial charge in [0.2, 0.25) is 0 Å². The summed E-state index contributed by atoms with van der Waals surface area (Å²) in [5, 5.41) is 6.30. The molecule has 1 unspecified atom stereocenters. The van der Waals surface area contributed by atoms with Gasteiger partial charge in [0.1, 0.15) is 23.2 Å². The van der Waals surface area contributed by atoms with E-state index in [0.29, 0.717) is 0 Å². The highest BCUT2D eigenvalue weighted by Gasteiger charge is 2.37. The highest BCUT2D eigenvalue weighted by atomic mass is 16.5. The van der Waals surface area contributed by atoms with E-state index in [1.54, 1.807) is 0 Å². The monoisotopic (exact) mass is 942 g/mol. The number of aryl methyl sites for hydroxylation is 1. The van der Waals surface area contributed by atoms with Crippen LogP contribution in [0.15, 0.2) is 222 Å². The van der Waals surface area contributed by atoms with Crippen LogP contribution in [-0.4, -0.2) is 10.7 Å². The van der Waals surface area contributed by atoms with Crippen molar-refractivity contribution in [2.75, 3.05) is 4.90 Å². The van der Waals surface area contributed by atoms with Crippen LogP contribution in [-0.2, 0) is 11.8 Å². The van der Waals surface area contributed by atoms with Gasteiger partial charge in [-0.2, -0.15) is 0 Å². The van der Waals surface area contributed by atoms with Crippen LogP contribution < -0.4 is 9.64 Å². The molecule has 9 aromatic carbocycles. The fourth-order valence-electron chi connectivity index (χ4n) is 12.6. The van der Waals surface area contributed by atoms with Crippen molar-refractivity contribution >= 4 is 60.9 Å². The predicted molar refractivity (Wildman–Crippen MR) is 305 cm³/mol. The van der Waals surface area contributed by atoms with Crippen LogP contribution in [0.5, 0.6) is 5.75 Å². The molecule has 0 saturated carbocycles. The summed E-state index contributed by atoms with van der Waals surface area (Å²) < 4.78 is 15.5. The number of benzene rings is 9. The molecule has 1 atom stereocenters. The second-order valence-corrected chi connectivity index (χ2v) is 20.3. The van der Waals surface area contributed by atoms with E-state index in [0.717, 1.165) is 47.7 Å². The Balaban J connectivity index is 0.00000244. The third kappa shape index (κ3) is 6.73. The standard InChI is InChI=1S/C67H48N2O2.C2H6/c1-67(2)58-20-9-6-19-54(58)66-55-40-57-56-36-44(26-34-60(56)69(46-15-4-3-5-16-46)61(57)37-45(55)25-33-59(66)67)43-14-12-13-42(35-43)41-23-27-47(28-24-41)68(48-29-31-52-50-17-7-10-21-62(50)70-64(52)38-48)49-30-32-53-51-18-8-11-22-63(51)71-65(53)39-49;1-2/h3-29,31,33-37,39-40,64H,30,32,38H2,1-2H3;1-2H3. The van der Waals surface area contributed by atoms with Gasteiger partial charge in [0.05, 0.1) is 11.0 Å². The lowest BCUT2D eigenvalue weighted by Gasteiger charge is -2.34. The van der Waals surface area contributed by atoms with Crippen LogP contribution in [0.1, 0.15) is 68.6 Å². The summed E-state index contributed by atoms with van der Waals surface area (Å²) in [4.78, 5) is 2.45. The average molecular weight is 943 g/mol. The van der Waals surface area contributed by atoms with Crippen molar-refractivity contribution in [3.8, 4) is 44.8 Å². The van der Waals surface area contributed by atoms with Crippen molar-refractivity contribution < 1.29 is 9.15 Å². The van der Waals surface area contributed by atoms with E-state index in [9.17, 15) is 0 Å². The molecule has 4 aliphatic rings. The SMILES string of the molecule is CC.CC1(C)c2ccccc2-c2c1ccc1cc3c(cc21)c1cc(-c2cccc(-c4ccc(N(C5=Cc6oc7ccccc7c6CC5)C5=CC=C6c7ccccc7OC6C5)cc4)c2)ccc1n3-c1ccccc1. The molecule has 352 valence electrons. The smallest absolute Gasteiger partial charge is 0.135 e. The topological polar surface area (TPSA) is 30.5 Å². The molecule has 1 aliphatic heterocycles. The fraction of sp³-hybridized carbons (Fsp3) is 0.130. The number of allylic oxidation sites excluding steroid dienone is 3. The van der Waals surface area contributed by atoms with E-state index in [2.05, 4.69) is 236 Å². The Bertz CT molecular complexity index is 4140. The van der Waals surface area contributed by atoms with Gasteiger partial charge in [-0.1, -0.05) is 161 Å². The molecule has 4 nitrogen and oxygen atoms in total. The van der Waals surface area contributed by atoms with Gasteiger partial charge in [0.25, 0.3) is 0 Å². The highest BCUT2D eigenvalue weighted by Crippen LogP contribution is 2.52. The number of hydrogen-bond acceptors (Lipinski definition) is 3. The summed E-state index contributed by atoms with van der Waals surface area (Å²) in [5.41, 5.74) is 22.0. The minimum Gasteiger partial charge on any atom is -0.485 e. The van der Waals surface area contributed by atoms with E-state index in [-0.39, 0.29) is 11.5 Å². The summed E-state index contributed by atoms with van der Waals surface area (Å²) >= 11 is 0. The van der Waals surface area contributed by atoms with Crippen molar-refractivity contribution in [1.82, 2.24) is 4.57 Å². The highest BCUT2D eigenvalue weighted by molar-refractivity contribution is 6.17. The maximum absolute atomic E-state index is 6.58. The molecule has 0 N–H and O–H groups in total. The lowest BCUT2D eigenvalue weighted by molar-refractivity contribution is 0.274. The maximum atomic E-state index is 6.58. The van der Waals surface area contributed by atoms with Crippen LogP contribution in [0.25, 0.3) is 94.3 Å². The first kappa shape index (κ1) is 43.2. The van der Waals surface area contributed by atoms with Crippen LogP contribution in [0.3, 0.4) is 0 Å². The van der Waals surface area contributed by atoms with Crippen LogP contribution in [0, 0.1) is 0 Å². The Labute approximate surface area is 426 Å². The molecule has 0 fully saturated rings. The Kier molecular flexibility index (Phi) is 9.91. The van der Waals surface area contributed by atoms with Gasteiger partial charge in [0.15, 0.2) is 0 Å². The molecular weight excluding hydrogens is 889 g/mol. The molecule has 11 aromatic rings. The van der Waals surface area contributed by atoms with E-state index >= 15 is 0 Å². The molecule has 0 spiro atoms. The minimum absolute atomic E-state index is 0.0260. The molecule has 3 heterocycles. The van der Waals surface area contributed by atoms with Gasteiger partial charge in [-0.05, 0) is 141 Å². The number of rotatable bonds is 6. The summed E-state index contributed by atoms with van der Waals surface area (Å²) in [5.74, 6) is 1.92. The van der Waals surface area contributed by atoms with E-state index in [1.165, 1.54) is 111 Å². The van der Waals surface area contributed by atoms with Crippen molar-refractivity contribution in [3.05, 3.63) is 246 Å². The average Bonchev–Trinajstić information content (AvgIpc) is 4.17. The molecule has 15 rings (SSSR count). The number of hydrogen-bond donors (Lipinski definition) is 0. The molecule has 0 amide bonds. The largest absolute Gasteiger partial charge is 0.485 e. The second kappa shape index (κ2) is 16.8. The Morgan fingerprint density at radius 2 is 1.26 bits per heavy atom. The summed E-state index contributed by atoms with van der Waals surface area (Å²) in [6.45, 7) is 8.73. The molecule has 4 heteroatoms. The third-order valence-electron chi connectivity index (χ3n) is 16.0. The van der Waals surface area contributed by atoms with Crippen molar-refractivity contribution in [1.29, 1.82) is 0 Å². The summed E-state index contributed by atoms with van der Waals surface area (Å²) in [7, 11) is 0. The van der Waals surface area contributed by atoms with Gasteiger partial charge in [-0.25, -0.2) is 0 Å². The fourth-order valence-corrected chi connectivity index (χ4v) is 12.6. The number of nitrogens with zero attached hydrogens (tertiary/aromatic N) is 2. The van der Waals surface area contributed by atoms with Crippen molar-refractivity contribution in [3.63, 3.8) is 0 Å². The minimum atomic E-state index is -0.0633. The zero-order chi connectivity index (χ0) is 49.0. The molecule has 3 aliphatic carbocycles. The van der Waals surface area contributed by atoms with Gasteiger partial charge in [0, 0.05) is 73.5 Å². The van der Waals surface area contributed by atoms with Crippen molar-refractivity contribution in [2.24, 2.45) is 0 Å². The lowest BCUT2D eigenvalue weighted by atomic mass is 9.82. The Hall–Kier alpha value is -8.60. The van der Waals surface area contributed by atoms with Crippen LogP contribution >= 0.6 is 0 Å². The van der Waals surface area contributed by atoms with E-state index in [4.69, 9.17) is 9.15 Å². The zero-order valence-corrected chi connectivity index (χ0v) is 41.6. The summed E-state index contributed by atoms with van der Waals surface area (Å²) in [6.07, 6.45) is 9.40. The van der Waals surface area contributed by atoms with Gasteiger partial charge < -0.3 is 18.6 Å². The van der Waals surface area contributed by atoms with Gasteiger partial charge in [-0.3, -0.25) is 0 Å². The predicted octanol–water partition coefficient (Wildman–Crippen LogP) is 18.3. The number of anilines is 1. The molecule has 2 aromatic heterocycles. The van der Waals surface area contributed by atoms with E-state index < -0.39 is 0 Å². The second-order valence-electron chi connectivity index (χ2n) is 20.3. The van der Waals surface area contributed by atoms with E-state index in [1.807, 2.05) is 13.8 Å². The first-order valence-electron chi connectivity index (χ1n) is 26.0. The lowest BCUT2D eigenvalue weighted by Crippen LogP contribution is -2.28. The van der Waals surface area contributed by atoms with Crippen molar-refractivity contribution in [2.45, 2.75) is 58.5 Å². The van der Waals surface area contributed by atoms with Gasteiger partial charge in [-0.15, -0.1) is 0 Å². The third-order valence-corrected chi connectivity index (χ3v) is 16.0. The number of aromatic nitrogens is 1. The van der Waals surface area contributed by atoms with Crippen LogP contribution in [0.4, 0.5) is 5.69 Å². The number of furan rings is 1. The number of ether oxygens (including phenoxy) is 1. The maximum Gasteiger partial charge on any atom is 0.135 e. The Morgan fingerprint density at radius 1 is 0.534 bits per heavy atom. The molecule has 73 heavy (non-hydrogen) atoms. The van der Waals surface area contributed by atoms with Crippen LogP contribution in [0.2, 0.25) is 0 Å². The molecule has 0 bridgehead atoms. The quantitative estimate of drug-likeness (QED) is 0.166.